The van der Waals surface area contributed by atoms with E-state index in [4.69, 9.17) is 14.2 Å². The second kappa shape index (κ2) is 8.06. The summed E-state index contributed by atoms with van der Waals surface area (Å²) in [5.41, 5.74) is 1.86. The van der Waals surface area contributed by atoms with Gasteiger partial charge in [-0.25, -0.2) is 0 Å². The highest BCUT2D eigenvalue weighted by molar-refractivity contribution is 6.29. The lowest BCUT2D eigenvalue weighted by molar-refractivity contribution is 0.105. The van der Waals surface area contributed by atoms with E-state index in [1.54, 1.807) is 52.8 Å². The number of ketones is 1. The molecule has 0 aliphatic heterocycles. The Bertz CT molecular complexity index is 736. The van der Waals surface area contributed by atoms with Gasteiger partial charge in [0.2, 0.25) is 0 Å². The molecule has 5 heteroatoms. The van der Waals surface area contributed by atoms with E-state index in [9.17, 15) is 4.79 Å². The normalized spacial score (nSPS) is 10.9. The number of nitrogens with one attached hydrogen (secondary N) is 1. The van der Waals surface area contributed by atoms with E-state index in [-0.39, 0.29) is 5.78 Å². The van der Waals surface area contributed by atoms with Crippen LogP contribution in [0.4, 0.5) is 0 Å². The fraction of sp³-hybridized carbons (Fsp3) is 0.211. The van der Waals surface area contributed by atoms with Crippen molar-refractivity contribution >= 4 is 11.4 Å². The van der Waals surface area contributed by atoms with Crippen molar-refractivity contribution in [3.63, 3.8) is 0 Å². The van der Waals surface area contributed by atoms with Crippen molar-refractivity contribution in [1.82, 2.24) is 5.32 Å². The molecule has 24 heavy (non-hydrogen) atoms. The third-order valence-electron chi connectivity index (χ3n) is 3.58. The number of allylic oxidation sites excluding steroid dienone is 1. The van der Waals surface area contributed by atoms with Crippen LogP contribution < -0.4 is 19.5 Å². The van der Waals surface area contributed by atoms with Crippen LogP contribution in [-0.2, 0) is 0 Å². The van der Waals surface area contributed by atoms with Crippen molar-refractivity contribution in [3.8, 4) is 17.2 Å². The van der Waals surface area contributed by atoms with Gasteiger partial charge in [0.15, 0.2) is 17.3 Å². The lowest BCUT2D eigenvalue weighted by atomic mass is 9.97. The predicted octanol–water partition coefficient (Wildman–Crippen LogP) is 3.16. The number of hydrogen-bond donors (Lipinski definition) is 1. The zero-order valence-electron chi connectivity index (χ0n) is 14.3. The van der Waals surface area contributed by atoms with Gasteiger partial charge in [0.25, 0.3) is 0 Å². The number of hydrogen-bond acceptors (Lipinski definition) is 5. The Balaban J connectivity index is 2.40. The van der Waals surface area contributed by atoms with E-state index < -0.39 is 0 Å². The molecule has 0 radical (unpaired) electrons. The molecule has 5 nitrogen and oxygen atoms in total. The van der Waals surface area contributed by atoms with Crippen molar-refractivity contribution in [2.75, 3.05) is 28.4 Å². The van der Waals surface area contributed by atoms with Crippen LogP contribution in [-0.4, -0.2) is 34.2 Å². The van der Waals surface area contributed by atoms with Crippen LogP contribution in [0.2, 0.25) is 0 Å². The largest absolute Gasteiger partial charge is 0.497 e. The first kappa shape index (κ1) is 17.4. The molecule has 2 aromatic rings. The van der Waals surface area contributed by atoms with Gasteiger partial charge in [0.1, 0.15) is 5.75 Å². The Hall–Kier alpha value is -2.95. The van der Waals surface area contributed by atoms with Crippen molar-refractivity contribution < 1.29 is 19.0 Å². The average Bonchev–Trinajstić information content (AvgIpc) is 2.65. The van der Waals surface area contributed by atoms with Gasteiger partial charge in [0.05, 0.1) is 21.3 Å². The Morgan fingerprint density at radius 2 is 1.50 bits per heavy atom. The summed E-state index contributed by atoms with van der Waals surface area (Å²) in [5.74, 6) is 1.72. The fourth-order valence-corrected chi connectivity index (χ4v) is 2.33. The number of methoxy groups -OCH3 is 3. The number of ether oxygens (including phenoxy) is 3. The second-order valence-electron chi connectivity index (χ2n) is 4.97. The molecule has 2 rings (SSSR count). The number of Topliss-reactive ketones (excluding diaryl/α,β-unsaturated/α-hetero) is 1. The maximum absolute atomic E-state index is 12.9. The highest BCUT2D eigenvalue weighted by Gasteiger charge is 2.17. The monoisotopic (exact) mass is 327 g/mol. The summed E-state index contributed by atoms with van der Waals surface area (Å²) < 4.78 is 15.6. The van der Waals surface area contributed by atoms with Gasteiger partial charge in [-0.2, -0.15) is 0 Å². The van der Waals surface area contributed by atoms with Gasteiger partial charge in [-0.3, -0.25) is 4.79 Å². The topological polar surface area (TPSA) is 56.8 Å². The van der Waals surface area contributed by atoms with Gasteiger partial charge >= 0.3 is 0 Å². The summed E-state index contributed by atoms with van der Waals surface area (Å²) in [6.45, 7) is 0. The van der Waals surface area contributed by atoms with Crippen LogP contribution in [0.25, 0.3) is 5.57 Å². The first-order valence-corrected chi connectivity index (χ1v) is 7.43. The van der Waals surface area contributed by atoms with Crippen LogP contribution in [0.3, 0.4) is 0 Å². The van der Waals surface area contributed by atoms with E-state index in [0.717, 1.165) is 11.3 Å². The van der Waals surface area contributed by atoms with Crippen LogP contribution >= 0.6 is 0 Å². The van der Waals surface area contributed by atoms with Crippen LogP contribution in [0, 0.1) is 0 Å². The van der Waals surface area contributed by atoms with Crippen LogP contribution in [0.1, 0.15) is 15.9 Å². The molecule has 0 saturated carbocycles. The first-order valence-electron chi connectivity index (χ1n) is 7.43. The fourth-order valence-electron chi connectivity index (χ4n) is 2.33. The summed E-state index contributed by atoms with van der Waals surface area (Å²) >= 11 is 0. The van der Waals surface area contributed by atoms with Crippen molar-refractivity contribution in [1.29, 1.82) is 0 Å². The Morgan fingerprint density at radius 1 is 0.875 bits per heavy atom. The highest BCUT2D eigenvalue weighted by atomic mass is 16.5. The molecule has 126 valence electrons. The number of benzene rings is 2. The Labute approximate surface area is 141 Å². The Kier molecular flexibility index (Phi) is 5.84. The molecule has 1 N–H and O–H groups in total. The summed E-state index contributed by atoms with van der Waals surface area (Å²) in [7, 11) is 6.46. The predicted molar refractivity (Wildman–Crippen MR) is 93.9 cm³/mol. The standard InChI is InChI=1S/C19H21NO4/c1-20-12-16(13-5-8-15(22-2)9-6-13)19(21)14-7-10-17(23-3)18(11-14)24-4/h5-12,20H,1-4H3/b16-12-. The maximum Gasteiger partial charge on any atom is 0.195 e. The minimum absolute atomic E-state index is 0.115. The lowest BCUT2D eigenvalue weighted by Crippen LogP contribution is -2.07. The minimum atomic E-state index is -0.115. The lowest BCUT2D eigenvalue weighted by Gasteiger charge is -2.11. The quantitative estimate of drug-likeness (QED) is 0.625. The molecule has 0 aliphatic rings. The van der Waals surface area contributed by atoms with Crippen LogP contribution in [0.15, 0.2) is 48.7 Å². The number of rotatable bonds is 7. The van der Waals surface area contributed by atoms with Gasteiger partial charge in [-0.05, 0) is 35.9 Å². The van der Waals surface area contributed by atoms with E-state index >= 15 is 0 Å². The molecule has 0 spiro atoms. The van der Waals surface area contributed by atoms with E-state index in [0.29, 0.717) is 22.6 Å². The van der Waals surface area contributed by atoms with Crippen LogP contribution in [0.5, 0.6) is 17.2 Å². The molecule has 0 bridgehead atoms. The number of carbonyl (C=O) groups excluding carboxylic acids is 1. The molecule has 0 atom stereocenters. The third-order valence-corrected chi connectivity index (χ3v) is 3.58. The molecule has 0 heterocycles. The van der Waals surface area contributed by atoms with Gasteiger partial charge in [-0.1, -0.05) is 12.1 Å². The first-order chi connectivity index (χ1) is 11.6. The zero-order chi connectivity index (χ0) is 17.5. The SMILES string of the molecule is CN/C=C(\C(=O)c1ccc(OC)c(OC)c1)c1ccc(OC)cc1. The third kappa shape index (κ3) is 3.68. The molecular weight excluding hydrogens is 306 g/mol. The number of carbonyl (C=O) groups is 1. The summed E-state index contributed by atoms with van der Waals surface area (Å²) in [6.07, 6.45) is 1.68. The second-order valence-corrected chi connectivity index (χ2v) is 4.97. The summed E-state index contributed by atoms with van der Waals surface area (Å²) in [4.78, 5) is 12.9. The summed E-state index contributed by atoms with van der Waals surface area (Å²) in [6, 6.07) is 12.4. The van der Waals surface area contributed by atoms with E-state index in [1.165, 1.54) is 0 Å². The molecule has 0 unspecified atom stereocenters. The summed E-state index contributed by atoms with van der Waals surface area (Å²) in [5, 5.41) is 2.93. The smallest absolute Gasteiger partial charge is 0.195 e. The molecule has 0 saturated heterocycles. The molecule has 0 aliphatic carbocycles. The van der Waals surface area contributed by atoms with Crippen molar-refractivity contribution in [2.45, 2.75) is 0 Å². The molecule has 2 aromatic carbocycles. The zero-order valence-corrected chi connectivity index (χ0v) is 14.3. The minimum Gasteiger partial charge on any atom is -0.497 e. The highest BCUT2D eigenvalue weighted by Crippen LogP contribution is 2.30. The van der Waals surface area contributed by atoms with E-state index in [1.807, 2.05) is 24.3 Å². The van der Waals surface area contributed by atoms with Gasteiger partial charge in [-0.15, -0.1) is 0 Å². The van der Waals surface area contributed by atoms with Crippen molar-refractivity contribution in [2.24, 2.45) is 0 Å². The van der Waals surface area contributed by atoms with Crippen molar-refractivity contribution in [3.05, 3.63) is 59.8 Å². The molecular formula is C19H21NO4. The van der Waals surface area contributed by atoms with Gasteiger partial charge < -0.3 is 19.5 Å². The molecule has 0 fully saturated rings. The van der Waals surface area contributed by atoms with Gasteiger partial charge in [0, 0.05) is 24.4 Å². The molecule has 0 amide bonds. The Morgan fingerprint density at radius 3 is 2.04 bits per heavy atom. The average molecular weight is 327 g/mol. The molecule has 0 aromatic heterocycles. The van der Waals surface area contributed by atoms with E-state index in [2.05, 4.69) is 5.32 Å². The maximum atomic E-state index is 12.9.